The van der Waals surface area contributed by atoms with Gasteiger partial charge in [-0.1, -0.05) is 32.5 Å². The Morgan fingerprint density at radius 3 is 2.56 bits per heavy atom. The van der Waals surface area contributed by atoms with E-state index in [1.54, 1.807) is 0 Å². The summed E-state index contributed by atoms with van der Waals surface area (Å²) in [7, 11) is 0. The van der Waals surface area contributed by atoms with E-state index >= 15 is 0 Å². The molecule has 16 heavy (non-hydrogen) atoms. The van der Waals surface area contributed by atoms with Crippen LogP contribution >= 0.6 is 24.0 Å². The summed E-state index contributed by atoms with van der Waals surface area (Å²) in [5.41, 5.74) is -0.486. The number of hydrogen-bond acceptors (Lipinski definition) is 4. The standard InChI is InChI=1S/C10H16N2O2S2/c1-10(2,3)8(14)12-9(15)11-6-4-5-16-7(6)13/h6H,4-5H2,1-3H3,(H2,11,12,14,15)/t6-/m0/s1. The van der Waals surface area contributed by atoms with Gasteiger partial charge in [0.15, 0.2) is 5.11 Å². The van der Waals surface area contributed by atoms with Gasteiger partial charge in [0, 0.05) is 11.2 Å². The molecule has 2 N–H and O–H groups in total. The zero-order valence-corrected chi connectivity index (χ0v) is 11.3. The Hall–Kier alpha value is -0.620. The van der Waals surface area contributed by atoms with Gasteiger partial charge in [-0.2, -0.15) is 0 Å². The van der Waals surface area contributed by atoms with Gasteiger partial charge < -0.3 is 10.6 Å². The minimum atomic E-state index is -0.486. The summed E-state index contributed by atoms with van der Waals surface area (Å²) in [5, 5.41) is 5.77. The van der Waals surface area contributed by atoms with Crippen LogP contribution < -0.4 is 10.6 Å². The summed E-state index contributed by atoms with van der Waals surface area (Å²) in [5.74, 6) is 0.662. The summed E-state index contributed by atoms with van der Waals surface area (Å²) < 4.78 is 0. The van der Waals surface area contributed by atoms with Crippen LogP contribution in [-0.4, -0.2) is 27.9 Å². The van der Waals surface area contributed by atoms with Crippen molar-refractivity contribution in [3.63, 3.8) is 0 Å². The fourth-order valence-corrected chi connectivity index (χ4v) is 2.28. The molecule has 0 aromatic heterocycles. The molecule has 0 spiro atoms. The van der Waals surface area contributed by atoms with Crippen molar-refractivity contribution >= 4 is 40.1 Å². The largest absolute Gasteiger partial charge is 0.352 e. The van der Waals surface area contributed by atoms with Crippen molar-refractivity contribution in [2.24, 2.45) is 5.41 Å². The molecule has 1 fully saturated rings. The van der Waals surface area contributed by atoms with Gasteiger partial charge in [0.25, 0.3) is 0 Å². The maximum absolute atomic E-state index is 11.6. The lowest BCUT2D eigenvalue weighted by atomic mass is 9.96. The van der Waals surface area contributed by atoms with E-state index in [-0.39, 0.29) is 22.2 Å². The number of carbonyl (C=O) groups excluding carboxylic acids is 2. The van der Waals surface area contributed by atoms with Crippen LogP contribution in [0.2, 0.25) is 0 Å². The second kappa shape index (κ2) is 5.14. The Labute approximate surface area is 105 Å². The van der Waals surface area contributed by atoms with Gasteiger partial charge in [0.2, 0.25) is 11.0 Å². The molecule has 0 saturated carbocycles. The topological polar surface area (TPSA) is 58.2 Å². The number of carbonyl (C=O) groups is 2. The number of nitrogens with one attached hydrogen (secondary N) is 2. The van der Waals surface area contributed by atoms with Crippen molar-refractivity contribution in [3.8, 4) is 0 Å². The fourth-order valence-electron chi connectivity index (χ4n) is 1.11. The molecule has 0 radical (unpaired) electrons. The molecule has 1 atom stereocenters. The summed E-state index contributed by atoms with van der Waals surface area (Å²) in [6.07, 6.45) is 0.759. The molecule has 1 amide bonds. The smallest absolute Gasteiger partial charge is 0.231 e. The first-order valence-electron chi connectivity index (χ1n) is 5.09. The minimum absolute atomic E-state index is 0.0901. The van der Waals surface area contributed by atoms with Crippen LogP contribution in [0.5, 0.6) is 0 Å². The Morgan fingerprint density at radius 2 is 2.12 bits per heavy atom. The molecule has 0 bridgehead atoms. The highest BCUT2D eigenvalue weighted by Crippen LogP contribution is 2.19. The van der Waals surface area contributed by atoms with E-state index < -0.39 is 5.41 Å². The van der Waals surface area contributed by atoms with Crippen LogP contribution in [0.25, 0.3) is 0 Å². The first-order valence-corrected chi connectivity index (χ1v) is 6.48. The number of amides is 1. The second-order valence-corrected chi connectivity index (χ2v) is 6.19. The van der Waals surface area contributed by atoms with Crippen LogP contribution in [0.15, 0.2) is 0 Å². The predicted octanol–water partition coefficient (Wildman–Crippen LogP) is 1.06. The van der Waals surface area contributed by atoms with Crippen molar-refractivity contribution < 1.29 is 9.59 Å². The third-order valence-electron chi connectivity index (χ3n) is 2.15. The number of hydrogen-bond donors (Lipinski definition) is 2. The van der Waals surface area contributed by atoms with Crippen molar-refractivity contribution in [2.75, 3.05) is 5.75 Å². The fraction of sp³-hybridized carbons (Fsp3) is 0.700. The Bertz CT molecular complexity index is 323. The highest BCUT2D eigenvalue weighted by atomic mass is 32.2. The summed E-state index contributed by atoms with van der Waals surface area (Å²) >= 11 is 6.28. The molecule has 0 unspecified atom stereocenters. The van der Waals surface area contributed by atoms with E-state index in [2.05, 4.69) is 10.6 Å². The first-order chi connectivity index (χ1) is 7.30. The molecule has 90 valence electrons. The van der Waals surface area contributed by atoms with E-state index in [1.807, 2.05) is 20.8 Å². The third kappa shape index (κ3) is 3.75. The molecule has 1 aliphatic heterocycles. The lowest BCUT2D eigenvalue weighted by Crippen LogP contribution is -2.48. The molecule has 1 rings (SSSR count). The van der Waals surface area contributed by atoms with E-state index in [4.69, 9.17) is 12.2 Å². The number of thiocarbonyl (C=S) groups is 1. The van der Waals surface area contributed by atoms with E-state index in [0.717, 1.165) is 12.2 Å². The van der Waals surface area contributed by atoms with Gasteiger partial charge in [0.1, 0.15) is 0 Å². The molecule has 1 saturated heterocycles. The van der Waals surface area contributed by atoms with Gasteiger partial charge >= 0.3 is 0 Å². The van der Waals surface area contributed by atoms with E-state index in [0.29, 0.717) is 0 Å². The normalized spacial score (nSPS) is 20.7. The Balaban J connectivity index is 2.42. The van der Waals surface area contributed by atoms with Crippen molar-refractivity contribution in [1.82, 2.24) is 10.6 Å². The van der Waals surface area contributed by atoms with Crippen LogP contribution in [-0.2, 0) is 9.59 Å². The maximum atomic E-state index is 11.6. The van der Waals surface area contributed by atoms with Gasteiger partial charge in [-0.05, 0) is 18.6 Å². The monoisotopic (exact) mass is 260 g/mol. The SMILES string of the molecule is CC(C)(C)C(=O)NC(=S)N[C@H]1CCSC1=O. The van der Waals surface area contributed by atoms with Crippen LogP contribution in [0.3, 0.4) is 0 Å². The molecular weight excluding hydrogens is 244 g/mol. The molecular formula is C10H16N2O2S2. The zero-order valence-electron chi connectivity index (χ0n) is 9.62. The molecule has 4 nitrogen and oxygen atoms in total. The van der Waals surface area contributed by atoms with Crippen LogP contribution in [0, 0.1) is 5.41 Å². The van der Waals surface area contributed by atoms with Crippen molar-refractivity contribution in [1.29, 1.82) is 0 Å². The van der Waals surface area contributed by atoms with Crippen molar-refractivity contribution in [3.05, 3.63) is 0 Å². The van der Waals surface area contributed by atoms with Gasteiger partial charge in [-0.3, -0.25) is 9.59 Å². The van der Waals surface area contributed by atoms with E-state index in [9.17, 15) is 9.59 Å². The molecule has 1 heterocycles. The molecule has 0 aliphatic carbocycles. The minimum Gasteiger partial charge on any atom is -0.352 e. The molecule has 6 heteroatoms. The van der Waals surface area contributed by atoms with Crippen LogP contribution in [0.1, 0.15) is 27.2 Å². The highest BCUT2D eigenvalue weighted by Gasteiger charge is 2.27. The van der Waals surface area contributed by atoms with Crippen molar-refractivity contribution in [2.45, 2.75) is 33.2 Å². The number of rotatable bonds is 1. The maximum Gasteiger partial charge on any atom is 0.231 e. The average Bonchev–Trinajstić information content (AvgIpc) is 2.50. The Morgan fingerprint density at radius 1 is 1.50 bits per heavy atom. The second-order valence-electron chi connectivity index (χ2n) is 4.69. The van der Waals surface area contributed by atoms with Gasteiger partial charge in [0.05, 0.1) is 6.04 Å². The van der Waals surface area contributed by atoms with E-state index in [1.165, 1.54) is 11.8 Å². The molecule has 1 aliphatic rings. The van der Waals surface area contributed by atoms with Gasteiger partial charge in [-0.25, -0.2) is 0 Å². The lowest BCUT2D eigenvalue weighted by Gasteiger charge is -2.19. The first kappa shape index (κ1) is 13.4. The molecule has 0 aromatic rings. The van der Waals surface area contributed by atoms with Gasteiger partial charge in [-0.15, -0.1) is 0 Å². The summed E-state index contributed by atoms with van der Waals surface area (Å²) in [4.78, 5) is 22.9. The number of thioether (sulfide) groups is 1. The van der Waals surface area contributed by atoms with Crippen LogP contribution in [0.4, 0.5) is 0 Å². The predicted molar refractivity (Wildman–Crippen MR) is 69.2 cm³/mol. The molecule has 0 aromatic carbocycles. The highest BCUT2D eigenvalue weighted by molar-refractivity contribution is 8.14. The lowest BCUT2D eigenvalue weighted by molar-refractivity contribution is -0.127. The quantitative estimate of drug-likeness (QED) is 0.690. The summed E-state index contributed by atoms with van der Waals surface area (Å²) in [6.45, 7) is 5.42. The Kier molecular flexibility index (Phi) is 4.32. The summed E-state index contributed by atoms with van der Waals surface area (Å²) in [6, 6.07) is -0.252. The zero-order chi connectivity index (χ0) is 12.3. The third-order valence-corrected chi connectivity index (χ3v) is 3.38. The average molecular weight is 260 g/mol.